The molecule has 24 heavy (non-hydrogen) atoms. The Hall–Kier alpha value is -1.62. The molecule has 0 bridgehead atoms. The number of amides is 1. The quantitative estimate of drug-likeness (QED) is 0.826. The molecule has 1 aromatic rings. The summed E-state index contributed by atoms with van der Waals surface area (Å²) in [5, 5.41) is 0. The first-order valence-corrected chi connectivity index (χ1v) is 8.84. The van der Waals surface area contributed by atoms with E-state index in [-0.39, 0.29) is 6.09 Å². The predicted molar refractivity (Wildman–Crippen MR) is 97.3 cm³/mol. The molecular weight excluding hydrogens is 302 g/mol. The standard InChI is InChI=1S/C19H31N3O2/c1-14(2)13-22(18(23)24-19(3,4)5)17-10-9-15(12-20-17)16-8-7-11-21(16)6/h9-10,12,14,16H,7-8,11,13H2,1-6H3/t16-/m0/s1. The van der Waals surface area contributed by atoms with E-state index in [1.54, 1.807) is 4.90 Å². The Labute approximate surface area is 146 Å². The van der Waals surface area contributed by atoms with Crippen molar-refractivity contribution < 1.29 is 9.53 Å². The van der Waals surface area contributed by atoms with Gasteiger partial charge in [-0.15, -0.1) is 0 Å². The maximum Gasteiger partial charge on any atom is 0.416 e. The van der Waals surface area contributed by atoms with Gasteiger partial charge in [0.05, 0.1) is 0 Å². The highest BCUT2D eigenvalue weighted by molar-refractivity contribution is 5.86. The topological polar surface area (TPSA) is 45.7 Å². The van der Waals surface area contributed by atoms with E-state index >= 15 is 0 Å². The lowest BCUT2D eigenvalue weighted by atomic mass is 10.1. The van der Waals surface area contributed by atoms with Crippen LogP contribution in [0.5, 0.6) is 0 Å². The molecule has 0 radical (unpaired) electrons. The third-order valence-electron chi connectivity index (χ3n) is 4.11. The third-order valence-corrected chi connectivity index (χ3v) is 4.11. The summed E-state index contributed by atoms with van der Waals surface area (Å²) in [7, 11) is 2.15. The molecule has 1 saturated heterocycles. The van der Waals surface area contributed by atoms with E-state index in [4.69, 9.17) is 4.74 Å². The van der Waals surface area contributed by atoms with Gasteiger partial charge in [0.25, 0.3) is 0 Å². The molecule has 0 saturated carbocycles. The molecule has 2 heterocycles. The molecular formula is C19H31N3O2. The second-order valence-electron chi connectivity index (χ2n) is 8.07. The van der Waals surface area contributed by atoms with Crippen molar-refractivity contribution >= 4 is 11.9 Å². The molecule has 134 valence electrons. The Morgan fingerprint density at radius 1 is 1.42 bits per heavy atom. The number of ether oxygens (including phenoxy) is 1. The number of nitrogens with zero attached hydrogens (tertiary/aromatic N) is 3. The maximum atomic E-state index is 12.5. The van der Waals surface area contributed by atoms with Gasteiger partial charge in [0, 0.05) is 18.8 Å². The summed E-state index contributed by atoms with van der Waals surface area (Å²) in [5.41, 5.74) is 0.700. The minimum Gasteiger partial charge on any atom is -0.443 e. The zero-order chi connectivity index (χ0) is 17.9. The van der Waals surface area contributed by atoms with Crippen molar-refractivity contribution in [1.29, 1.82) is 0 Å². The van der Waals surface area contributed by atoms with E-state index in [1.807, 2.05) is 33.0 Å². The first kappa shape index (κ1) is 18.7. The number of likely N-dealkylation sites (tertiary alicyclic amines) is 1. The summed E-state index contributed by atoms with van der Waals surface area (Å²) in [4.78, 5) is 21.1. The largest absolute Gasteiger partial charge is 0.443 e. The molecule has 1 aromatic heterocycles. The normalized spacial score (nSPS) is 18.9. The van der Waals surface area contributed by atoms with Crippen molar-refractivity contribution in [3.05, 3.63) is 23.9 Å². The number of carbonyl (C=O) groups is 1. The lowest BCUT2D eigenvalue weighted by molar-refractivity contribution is 0.0575. The lowest BCUT2D eigenvalue weighted by Crippen LogP contribution is -2.39. The summed E-state index contributed by atoms with van der Waals surface area (Å²) < 4.78 is 5.54. The van der Waals surface area contributed by atoms with Crippen molar-refractivity contribution in [3.8, 4) is 0 Å². The summed E-state index contributed by atoms with van der Waals surface area (Å²) in [6.45, 7) is 11.5. The SMILES string of the molecule is CC(C)CN(C(=O)OC(C)(C)C)c1ccc([C@@H]2CCCN2C)cn1. The van der Waals surface area contributed by atoms with Crippen molar-refractivity contribution in [3.63, 3.8) is 0 Å². The van der Waals surface area contributed by atoms with Gasteiger partial charge in [-0.1, -0.05) is 19.9 Å². The molecule has 0 aromatic carbocycles. The fourth-order valence-electron chi connectivity index (χ4n) is 3.03. The Balaban J connectivity index is 2.18. The number of pyridine rings is 1. The lowest BCUT2D eigenvalue weighted by Gasteiger charge is -2.28. The molecule has 0 N–H and O–H groups in total. The zero-order valence-electron chi connectivity index (χ0n) is 15.9. The number of carbonyl (C=O) groups excluding carboxylic acids is 1. The number of hydrogen-bond acceptors (Lipinski definition) is 4. The average Bonchev–Trinajstić information content (AvgIpc) is 2.89. The molecule has 0 unspecified atom stereocenters. The van der Waals surface area contributed by atoms with E-state index in [9.17, 15) is 4.79 Å². The van der Waals surface area contributed by atoms with Crippen LogP contribution in [0.4, 0.5) is 10.6 Å². The van der Waals surface area contributed by atoms with Crippen LogP contribution in [0.15, 0.2) is 18.3 Å². The molecule has 1 fully saturated rings. The molecule has 0 spiro atoms. The van der Waals surface area contributed by atoms with Crippen molar-refractivity contribution in [2.45, 2.75) is 59.1 Å². The van der Waals surface area contributed by atoms with Crippen LogP contribution in [0.1, 0.15) is 59.1 Å². The molecule has 1 aliphatic rings. The first-order chi connectivity index (χ1) is 11.2. The number of rotatable bonds is 4. The number of anilines is 1. The van der Waals surface area contributed by atoms with Crippen LogP contribution in [0.25, 0.3) is 0 Å². The summed E-state index contributed by atoms with van der Waals surface area (Å²) in [5.74, 6) is 0.988. The van der Waals surface area contributed by atoms with Crippen LogP contribution in [0, 0.1) is 5.92 Å². The van der Waals surface area contributed by atoms with Gasteiger partial charge in [-0.2, -0.15) is 0 Å². The van der Waals surface area contributed by atoms with E-state index in [0.29, 0.717) is 24.3 Å². The van der Waals surface area contributed by atoms with E-state index in [0.717, 1.165) is 6.54 Å². The van der Waals surface area contributed by atoms with Gasteiger partial charge < -0.3 is 4.74 Å². The van der Waals surface area contributed by atoms with Crippen LogP contribution in [0.2, 0.25) is 0 Å². The van der Waals surface area contributed by atoms with E-state index < -0.39 is 5.60 Å². The number of hydrogen-bond donors (Lipinski definition) is 0. The van der Waals surface area contributed by atoms with Crippen LogP contribution >= 0.6 is 0 Å². The minimum absolute atomic E-state index is 0.333. The van der Waals surface area contributed by atoms with Crippen molar-refractivity contribution in [2.75, 3.05) is 25.0 Å². The average molecular weight is 333 g/mol. The second kappa shape index (κ2) is 7.51. The summed E-state index contributed by atoms with van der Waals surface area (Å²) in [6.07, 6.45) is 3.95. The Kier molecular flexibility index (Phi) is 5.86. The Morgan fingerprint density at radius 2 is 2.12 bits per heavy atom. The zero-order valence-corrected chi connectivity index (χ0v) is 15.9. The molecule has 1 atom stereocenters. The van der Waals surface area contributed by atoms with Gasteiger partial charge in [-0.3, -0.25) is 9.80 Å². The molecule has 1 amide bonds. The van der Waals surface area contributed by atoms with Gasteiger partial charge >= 0.3 is 6.09 Å². The fraction of sp³-hybridized carbons (Fsp3) is 0.684. The number of aromatic nitrogens is 1. The highest BCUT2D eigenvalue weighted by atomic mass is 16.6. The van der Waals surface area contributed by atoms with Gasteiger partial charge in [-0.05, 0) is 64.8 Å². The monoisotopic (exact) mass is 333 g/mol. The Morgan fingerprint density at radius 3 is 2.58 bits per heavy atom. The fourth-order valence-corrected chi connectivity index (χ4v) is 3.03. The van der Waals surface area contributed by atoms with Gasteiger partial charge in [0.1, 0.15) is 11.4 Å². The smallest absolute Gasteiger partial charge is 0.416 e. The van der Waals surface area contributed by atoms with Gasteiger partial charge in [0.2, 0.25) is 0 Å². The molecule has 5 heteroatoms. The first-order valence-electron chi connectivity index (χ1n) is 8.84. The molecule has 1 aliphatic heterocycles. The maximum absolute atomic E-state index is 12.5. The second-order valence-corrected chi connectivity index (χ2v) is 8.07. The predicted octanol–water partition coefficient (Wildman–Crippen LogP) is 4.25. The van der Waals surface area contributed by atoms with Crippen LogP contribution in [-0.2, 0) is 4.74 Å². The highest BCUT2D eigenvalue weighted by Gasteiger charge is 2.26. The van der Waals surface area contributed by atoms with Crippen LogP contribution < -0.4 is 4.90 Å². The highest BCUT2D eigenvalue weighted by Crippen LogP contribution is 2.30. The van der Waals surface area contributed by atoms with Crippen molar-refractivity contribution in [2.24, 2.45) is 5.92 Å². The van der Waals surface area contributed by atoms with Gasteiger partial charge in [-0.25, -0.2) is 9.78 Å². The van der Waals surface area contributed by atoms with E-state index in [1.165, 1.54) is 18.4 Å². The van der Waals surface area contributed by atoms with Crippen LogP contribution in [0.3, 0.4) is 0 Å². The van der Waals surface area contributed by atoms with Gasteiger partial charge in [0.15, 0.2) is 0 Å². The third kappa shape index (κ3) is 4.94. The summed E-state index contributed by atoms with van der Waals surface area (Å²) >= 11 is 0. The molecule has 0 aliphatic carbocycles. The van der Waals surface area contributed by atoms with Crippen LogP contribution in [-0.4, -0.2) is 41.7 Å². The minimum atomic E-state index is -0.515. The Bertz CT molecular complexity index is 549. The van der Waals surface area contributed by atoms with E-state index in [2.05, 4.69) is 36.8 Å². The summed E-state index contributed by atoms with van der Waals surface area (Å²) in [6, 6.07) is 4.46. The molecule has 2 rings (SSSR count). The van der Waals surface area contributed by atoms with Crippen molar-refractivity contribution in [1.82, 2.24) is 9.88 Å². The molecule has 5 nitrogen and oxygen atoms in total.